The van der Waals surface area contributed by atoms with E-state index in [4.69, 9.17) is 16.3 Å². The van der Waals surface area contributed by atoms with E-state index in [0.717, 1.165) is 24.3 Å². The highest BCUT2D eigenvalue weighted by atomic mass is 35.5. The zero-order chi connectivity index (χ0) is 14.2. The van der Waals surface area contributed by atoms with Gasteiger partial charge in [0.1, 0.15) is 11.6 Å². The van der Waals surface area contributed by atoms with Crippen molar-refractivity contribution in [3.8, 4) is 5.75 Å². The van der Waals surface area contributed by atoms with E-state index < -0.39 is 0 Å². The smallest absolute Gasteiger partial charge is 0.124 e. The summed E-state index contributed by atoms with van der Waals surface area (Å²) in [5.74, 6) is 0.573. The van der Waals surface area contributed by atoms with E-state index in [9.17, 15) is 4.39 Å². The first kappa shape index (κ1) is 14.8. The Balaban J connectivity index is 1.62. The molecule has 2 nitrogen and oxygen atoms in total. The molecule has 0 amide bonds. The predicted octanol–water partition coefficient (Wildman–Crippen LogP) is 4.04. The number of para-hydroxylation sites is 1. The molecule has 0 heterocycles. The maximum absolute atomic E-state index is 12.9. The number of benzene rings is 2. The minimum atomic E-state index is -0.310. The number of hydrogen-bond donors (Lipinski definition) is 1. The Labute approximate surface area is 123 Å². The van der Waals surface area contributed by atoms with Gasteiger partial charge in [0.15, 0.2) is 0 Å². The van der Waals surface area contributed by atoms with Crippen LogP contribution in [0.2, 0.25) is 5.02 Å². The van der Waals surface area contributed by atoms with E-state index in [1.165, 1.54) is 12.1 Å². The van der Waals surface area contributed by atoms with Crippen LogP contribution >= 0.6 is 11.6 Å². The second-order valence-electron chi connectivity index (χ2n) is 4.43. The summed E-state index contributed by atoms with van der Waals surface area (Å²) >= 11 is 5.94. The average Bonchev–Trinajstić information content (AvgIpc) is 2.46. The summed E-state index contributed by atoms with van der Waals surface area (Å²) in [6.07, 6.45) is 0.897. The fourth-order valence-corrected chi connectivity index (χ4v) is 2.03. The van der Waals surface area contributed by atoms with Crippen molar-refractivity contribution in [2.75, 3.05) is 13.2 Å². The van der Waals surface area contributed by atoms with Gasteiger partial charge in [-0.3, -0.25) is 0 Å². The van der Waals surface area contributed by atoms with Crippen molar-refractivity contribution >= 4 is 11.6 Å². The van der Waals surface area contributed by atoms with Crippen molar-refractivity contribution in [3.63, 3.8) is 0 Å². The molecule has 2 aromatic rings. The first-order valence-electron chi connectivity index (χ1n) is 6.58. The minimum absolute atomic E-state index is 0.310. The van der Waals surface area contributed by atoms with Crippen molar-refractivity contribution in [2.24, 2.45) is 0 Å². The van der Waals surface area contributed by atoms with Crippen LogP contribution in [0.25, 0.3) is 0 Å². The van der Waals surface area contributed by atoms with Gasteiger partial charge in [-0.15, -0.1) is 0 Å². The van der Waals surface area contributed by atoms with Gasteiger partial charge >= 0.3 is 0 Å². The molecule has 0 aromatic heterocycles. The Morgan fingerprint density at radius 3 is 2.65 bits per heavy atom. The Hall–Kier alpha value is -1.58. The van der Waals surface area contributed by atoms with Crippen LogP contribution in [0.1, 0.15) is 12.0 Å². The van der Waals surface area contributed by atoms with Crippen LogP contribution in [0.5, 0.6) is 5.75 Å². The largest absolute Gasteiger partial charge is 0.494 e. The third-order valence-electron chi connectivity index (χ3n) is 2.84. The molecular weight excluding hydrogens is 277 g/mol. The predicted molar refractivity (Wildman–Crippen MR) is 79.7 cm³/mol. The lowest BCUT2D eigenvalue weighted by atomic mass is 10.2. The molecule has 0 bridgehead atoms. The average molecular weight is 294 g/mol. The summed E-state index contributed by atoms with van der Waals surface area (Å²) in [6.45, 7) is 2.11. The molecule has 4 heteroatoms. The van der Waals surface area contributed by atoms with Gasteiger partial charge < -0.3 is 10.1 Å². The number of rotatable bonds is 7. The molecule has 0 aliphatic heterocycles. The lowest BCUT2D eigenvalue weighted by Gasteiger charge is -2.08. The third-order valence-corrected chi connectivity index (χ3v) is 3.19. The molecule has 2 rings (SSSR count). The number of halogens is 2. The number of ether oxygens (including phenoxy) is 1. The maximum Gasteiger partial charge on any atom is 0.124 e. The van der Waals surface area contributed by atoms with Gasteiger partial charge in [-0.05, 0) is 42.8 Å². The van der Waals surface area contributed by atoms with E-state index >= 15 is 0 Å². The monoisotopic (exact) mass is 293 g/mol. The van der Waals surface area contributed by atoms with Gasteiger partial charge in [0.2, 0.25) is 0 Å². The second-order valence-corrected chi connectivity index (χ2v) is 4.83. The summed E-state index contributed by atoms with van der Waals surface area (Å²) in [4.78, 5) is 0. The second kappa shape index (κ2) is 7.88. The quantitative estimate of drug-likeness (QED) is 0.778. The molecule has 106 valence electrons. The van der Waals surface area contributed by atoms with Gasteiger partial charge in [-0.1, -0.05) is 35.9 Å². The first-order valence-corrected chi connectivity index (χ1v) is 6.96. The lowest BCUT2D eigenvalue weighted by Crippen LogP contribution is -2.17. The summed E-state index contributed by atoms with van der Waals surface area (Å²) in [5.41, 5.74) is 0.900. The minimum Gasteiger partial charge on any atom is -0.494 e. The van der Waals surface area contributed by atoms with Crippen molar-refractivity contribution in [2.45, 2.75) is 13.0 Å². The summed E-state index contributed by atoms with van der Waals surface area (Å²) in [7, 11) is 0. The zero-order valence-corrected chi connectivity index (χ0v) is 11.9. The van der Waals surface area contributed by atoms with Crippen LogP contribution in [0.3, 0.4) is 0 Å². The lowest BCUT2D eigenvalue weighted by molar-refractivity contribution is 0.308. The Morgan fingerprint density at radius 2 is 1.90 bits per heavy atom. The van der Waals surface area contributed by atoms with Crippen LogP contribution in [-0.2, 0) is 6.54 Å². The molecule has 0 unspecified atom stereocenters. The van der Waals surface area contributed by atoms with Crippen LogP contribution in [-0.4, -0.2) is 13.2 Å². The standard InChI is InChI=1S/C16H17ClFNO/c17-16-11-14(18)8-7-13(16)12-19-9-4-10-20-15-5-2-1-3-6-15/h1-3,5-8,11,19H,4,9-10,12H2. The SMILES string of the molecule is Fc1ccc(CNCCCOc2ccccc2)c(Cl)c1. The Bertz CT molecular complexity index is 533. The molecule has 2 aromatic carbocycles. The third kappa shape index (κ3) is 4.83. The maximum atomic E-state index is 12.9. The first-order chi connectivity index (χ1) is 9.75. The van der Waals surface area contributed by atoms with E-state index in [0.29, 0.717) is 18.2 Å². The fourth-order valence-electron chi connectivity index (χ4n) is 1.79. The highest BCUT2D eigenvalue weighted by Crippen LogP contribution is 2.16. The molecule has 0 saturated carbocycles. The summed E-state index contributed by atoms with van der Waals surface area (Å²) < 4.78 is 18.5. The van der Waals surface area contributed by atoms with E-state index in [2.05, 4.69) is 5.32 Å². The van der Waals surface area contributed by atoms with Gasteiger partial charge in [0, 0.05) is 11.6 Å². The molecule has 0 atom stereocenters. The molecule has 0 fully saturated rings. The van der Waals surface area contributed by atoms with E-state index in [1.54, 1.807) is 6.07 Å². The highest BCUT2D eigenvalue weighted by Gasteiger charge is 2.01. The zero-order valence-electron chi connectivity index (χ0n) is 11.1. The number of nitrogens with one attached hydrogen (secondary N) is 1. The molecular formula is C16H17ClFNO. The van der Waals surface area contributed by atoms with Crippen molar-refractivity contribution < 1.29 is 9.13 Å². The molecule has 0 aliphatic rings. The van der Waals surface area contributed by atoms with E-state index in [1.807, 2.05) is 30.3 Å². The highest BCUT2D eigenvalue weighted by molar-refractivity contribution is 6.31. The van der Waals surface area contributed by atoms with Crippen molar-refractivity contribution in [1.29, 1.82) is 0 Å². The molecule has 0 spiro atoms. The molecule has 0 saturated heterocycles. The normalized spacial score (nSPS) is 10.5. The van der Waals surface area contributed by atoms with Gasteiger partial charge in [-0.2, -0.15) is 0 Å². The molecule has 0 radical (unpaired) electrons. The van der Waals surface area contributed by atoms with Crippen LogP contribution < -0.4 is 10.1 Å². The Kier molecular flexibility index (Phi) is 5.84. The number of hydrogen-bond acceptors (Lipinski definition) is 2. The van der Waals surface area contributed by atoms with Crippen LogP contribution in [0.15, 0.2) is 48.5 Å². The molecule has 1 N–H and O–H groups in total. The molecule has 0 aliphatic carbocycles. The topological polar surface area (TPSA) is 21.3 Å². The van der Waals surface area contributed by atoms with Crippen LogP contribution in [0, 0.1) is 5.82 Å². The van der Waals surface area contributed by atoms with Gasteiger partial charge in [0.05, 0.1) is 6.61 Å². The van der Waals surface area contributed by atoms with Crippen LogP contribution in [0.4, 0.5) is 4.39 Å². The van der Waals surface area contributed by atoms with Gasteiger partial charge in [-0.25, -0.2) is 4.39 Å². The van der Waals surface area contributed by atoms with Crippen molar-refractivity contribution in [3.05, 3.63) is 64.9 Å². The fraction of sp³-hybridized carbons (Fsp3) is 0.250. The van der Waals surface area contributed by atoms with E-state index in [-0.39, 0.29) is 5.82 Å². The van der Waals surface area contributed by atoms with Crippen molar-refractivity contribution in [1.82, 2.24) is 5.32 Å². The van der Waals surface area contributed by atoms with Gasteiger partial charge in [0.25, 0.3) is 0 Å². The Morgan fingerprint density at radius 1 is 1.10 bits per heavy atom. The molecule has 20 heavy (non-hydrogen) atoms. The summed E-state index contributed by atoms with van der Waals surface area (Å²) in [6, 6.07) is 14.2. The summed E-state index contributed by atoms with van der Waals surface area (Å²) in [5, 5.41) is 3.72.